The molecule has 0 N–H and O–H groups in total. The number of pyridine rings is 6. The van der Waals surface area contributed by atoms with E-state index >= 15 is 0 Å². The van der Waals surface area contributed by atoms with Crippen molar-refractivity contribution >= 4 is 69.9 Å². The molecule has 0 bridgehead atoms. The van der Waals surface area contributed by atoms with Crippen molar-refractivity contribution in [2.24, 2.45) is 30.0 Å². The predicted octanol–water partition coefficient (Wildman–Crippen LogP) is 5.35. The van der Waals surface area contributed by atoms with Gasteiger partial charge in [0.1, 0.15) is 0 Å². The van der Waals surface area contributed by atoms with E-state index in [0.29, 0.717) is 17.9 Å². The minimum atomic E-state index is 0.257. The van der Waals surface area contributed by atoms with Gasteiger partial charge in [-0.05, 0) is 72.8 Å². The van der Waals surface area contributed by atoms with Gasteiger partial charge in [-0.1, -0.05) is 0 Å². The van der Waals surface area contributed by atoms with Crippen molar-refractivity contribution in [3.63, 3.8) is 0 Å². The molecule has 0 unspecified atom stereocenters. The van der Waals surface area contributed by atoms with Crippen LogP contribution in [0.2, 0.25) is 0 Å². The van der Waals surface area contributed by atoms with Gasteiger partial charge in [-0.25, -0.2) is 4.90 Å². The van der Waals surface area contributed by atoms with Crippen LogP contribution in [0.25, 0.3) is 0 Å². The highest BCUT2D eigenvalue weighted by molar-refractivity contribution is 6.34. The molecule has 16 heteroatoms. The summed E-state index contributed by atoms with van der Waals surface area (Å²) in [5.41, 5.74) is 4.60. The van der Waals surface area contributed by atoms with Crippen LogP contribution in [0.5, 0.6) is 0 Å². The second-order valence-electron chi connectivity index (χ2n) is 11.0. The molecule has 16 nitrogen and oxygen atoms in total. The Morgan fingerprint density at radius 2 is 0.462 bits per heavy atom. The van der Waals surface area contributed by atoms with Gasteiger partial charge in [0.25, 0.3) is 0 Å². The summed E-state index contributed by atoms with van der Waals surface area (Å²) in [6, 6.07) is 22.5. The van der Waals surface area contributed by atoms with Gasteiger partial charge in [0, 0.05) is 74.4 Å². The minimum Gasteiger partial charge on any atom is -0.279 e. The fourth-order valence-corrected chi connectivity index (χ4v) is 5.65. The van der Waals surface area contributed by atoms with Gasteiger partial charge in [0.2, 0.25) is 35.8 Å². The van der Waals surface area contributed by atoms with Gasteiger partial charge >= 0.3 is 0 Å². The molecule has 9 heterocycles. The van der Waals surface area contributed by atoms with E-state index in [2.05, 4.69) is 29.9 Å². The van der Waals surface area contributed by atoms with E-state index in [0.717, 1.165) is 34.1 Å². The third-order valence-corrected chi connectivity index (χ3v) is 7.93. The Morgan fingerprint density at radius 1 is 0.269 bits per heavy atom. The lowest BCUT2D eigenvalue weighted by Crippen LogP contribution is -2.51. The quantitative estimate of drug-likeness (QED) is 0.224. The molecule has 3 aliphatic heterocycles. The highest BCUT2D eigenvalue weighted by Gasteiger charge is 2.39. The Kier molecular flexibility index (Phi) is 7.67. The highest BCUT2D eigenvalue weighted by Crippen LogP contribution is 2.32. The Morgan fingerprint density at radius 3 is 0.654 bits per heavy atom. The predicted molar refractivity (Wildman–Crippen MR) is 198 cm³/mol. The summed E-state index contributed by atoms with van der Waals surface area (Å²) in [5, 5.41) is 0. The molecule has 0 amide bonds. The number of hydrogen-bond acceptors (Lipinski definition) is 16. The maximum Gasteiger partial charge on any atom is 0.246 e. The van der Waals surface area contributed by atoms with Crippen molar-refractivity contribution < 1.29 is 0 Å². The molecule has 0 atom stereocenters. The number of anilines is 6. The van der Waals surface area contributed by atoms with E-state index in [1.807, 2.05) is 87.5 Å². The monoisotopic (exact) mass is 680 g/mol. The van der Waals surface area contributed by atoms with Gasteiger partial charge in [-0.15, -0.1) is 0 Å². The van der Waals surface area contributed by atoms with Crippen LogP contribution in [-0.4, -0.2) is 70.6 Å². The molecule has 248 valence electrons. The van der Waals surface area contributed by atoms with Crippen LogP contribution in [-0.2, 0) is 0 Å². The molecule has 0 radical (unpaired) electrons. The second kappa shape index (κ2) is 13.2. The lowest BCUT2D eigenvalue weighted by Gasteiger charge is -2.35. The third kappa shape index (κ3) is 5.67. The second-order valence-corrected chi connectivity index (χ2v) is 11.0. The number of guanidine groups is 6. The Hall–Kier alpha value is -7.88. The first-order valence-electron chi connectivity index (χ1n) is 15.9. The minimum absolute atomic E-state index is 0.257. The Labute approximate surface area is 296 Å². The van der Waals surface area contributed by atoms with Gasteiger partial charge in [-0.3, -0.25) is 44.6 Å². The average molecular weight is 681 g/mol. The number of nitrogens with zero attached hydrogens (tertiary/aromatic N) is 16. The van der Waals surface area contributed by atoms with Crippen molar-refractivity contribution in [1.82, 2.24) is 34.8 Å². The highest BCUT2D eigenvalue weighted by atomic mass is 15.6. The van der Waals surface area contributed by atoms with Crippen LogP contribution in [0.3, 0.4) is 0 Å². The smallest absolute Gasteiger partial charge is 0.246 e. The summed E-state index contributed by atoms with van der Waals surface area (Å²) in [4.78, 5) is 62.8. The molecule has 0 fully saturated rings. The normalized spacial score (nSPS) is 14.4. The molecule has 9 rings (SSSR count). The third-order valence-electron chi connectivity index (χ3n) is 7.93. The summed E-state index contributed by atoms with van der Waals surface area (Å²) in [6.07, 6.45) is 20.5. The van der Waals surface area contributed by atoms with Crippen molar-refractivity contribution in [2.75, 3.05) is 14.7 Å². The number of aliphatic imine (C=N–C) groups is 6. The topological polar surface area (TPSA) is 164 Å². The van der Waals surface area contributed by atoms with Crippen LogP contribution in [0, 0.1) is 0 Å². The molecule has 0 aromatic carbocycles. The Balaban J connectivity index is 1.28. The van der Waals surface area contributed by atoms with Crippen molar-refractivity contribution in [2.45, 2.75) is 0 Å². The fraction of sp³-hybridized carbons (Fsp3) is 0. The molecule has 6 aromatic heterocycles. The van der Waals surface area contributed by atoms with Crippen molar-refractivity contribution in [3.8, 4) is 0 Å². The summed E-state index contributed by atoms with van der Waals surface area (Å²) in [7, 11) is 0. The first-order valence-corrected chi connectivity index (χ1v) is 15.9. The summed E-state index contributed by atoms with van der Waals surface area (Å²) < 4.78 is 0. The maximum absolute atomic E-state index is 5.02. The van der Waals surface area contributed by atoms with Crippen LogP contribution in [0.15, 0.2) is 177 Å². The van der Waals surface area contributed by atoms with Gasteiger partial charge in [-0.2, -0.15) is 30.0 Å². The zero-order valence-electron chi connectivity index (χ0n) is 27.0. The number of rotatable bonds is 6. The van der Waals surface area contributed by atoms with Crippen molar-refractivity contribution in [1.29, 1.82) is 0 Å². The molecular formula is C36H24N16. The molecular weight excluding hydrogens is 657 g/mol. The lowest BCUT2D eigenvalue weighted by atomic mass is 10.3. The standard InChI is InChI=1S/C36H24N16/c1-13-37-14-2-25(1)49(26-3-15-38-16-4-26)31-43-34-45-32(50(27-5-17-39-18-6-27)28-7-19-40-20-8-28)47-36-48-33(46-35(44-31)52(34)36)51(29-9-21-41-22-10-29)30-11-23-42-24-12-30/h1-24H. The number of hydrogen-bond donors (Lipinski definition) is 0. The van der Waals surface area contributed by atoms with E-state index in [-0.39, 0.29) is 17.9 Å². The summed E-state index contributed by atoms with van der Waals surface area (Å²) >= 11 is 0. The lowest BCUT2D eigenvalue weighted by molar-refractivity contribution is 0.821. The molecule has 0 spiro atoms. The average Bonchev–Trinajstić information content (AvgIpc) is 3.21. The molecule has 0 saturated heterocycles. The zero-order chi connectivity index (χ0) is 34.7. The first-order chi connectivity index (χ1) is 25.8. The van der Waals surface area contributed by atoms with E-state index in [9.17, 15) is 0 Å². The van der Waals surface area contributed by atoms with Crippen LogP contribution < -0.4 is 14.7 Å². The van der Waals surface area contributed by atoms with Crippen molar-refractivity contribution in [3.05, 3.63) is 147 Å². The fourth-order valence-electron chi connectivity index (χ4n) is 5.65. The zero-order valence-corrected chi connectivity index (χ0v) is 27.0. The molecule has 0 saturated carbocycles. The van der Waals surface area contributed by atoms with Crippen LogP contribution in [0.4, 0.5) is 34.1 Å². The van der Waals surface area contributed by atoms with Gasteiger partial charge in [0.15, 0.2) is 0 Å². The molecule has 6 aromatic rings. The van der Waals surface area contributed by atoms with Crippen LogP contribution in [0.1, 0.15) is 0 Å². The summed E-state index contributed by atoms with van der Waals surface area (Å²) in [6.45, 7) is 0. The van der Waals surface area contributed by atoms with E-state index < -0.39 is 0 Å². The first kappa shape index (κ1) is 30.2. The van der Waals surface area contributed by atoms with Gasteiger partial charge in [0.05, 0.1) is 34.1 Å². The van der Waals surface area contributed by atoms with Gasteiger partial charge < -0.3 is 0 Å². The molecule has 0 aliphatic carbocycles. The SMILES string of the molecule is c1cc(N(C2=NC3=NC(N(c4ccncc4)c4ccncc4)=NC4=NC(N(c5ccncc5)c5ccncc5)=NC(=N2)N34)c2ccncc2)ccn1. The Bertz CT molecular complexity index is 2010. The van der Waals surface area contributed by atoms with E-state index in [1.165, 1.54) is 0 Å². The summed E-state index contributed by atoms with van der Waals surface area (Å²) in [5.74, 6) is 1.66. The van der Waals surface area contributed by atoms with Crippen LogP contribution >= 0.6 is 0 Å². The van der Waals surface area contributed by atoms with E-state index in [1.54, 1.807) is 79.3 Å². The number of aromatic nitrogens is 6. The van der Waals surface area contributed by atoms with E-state index in [4.69, 9.17) is 30.0 Å². The largest absolute Gasteiger partial charge is 0.279 e. The maximum atomic E-state index is 5.02. The molecule has 3 aliphatic rings. The molecule has 52 heavy (non-hydrogen) atoms.